The number of carboxylic acids is 1. The molecule has 1 heterocycles. The maximum atomic E-state index is 10.4. The summed E-state index contributed by atoms with van der Waals surface area (Å²) in [6, 6.07) is 0. The largest absolute Gasteiger partial charge is 0.476 e. The van der Waals surface area contributed by atoms with Gasteiger partial charge in [0, 0.05) is 7.05 Å². The molecule has 0 unspecified atom stereocenters. The second-order valence-corrected chi connectivity index (χ2v) is 3.03. The molecule has 0 bridgehead atoms. The van der Waals surface area contributed by atoms with Gasteiger partial charge in [-0.1, -0.05) is 11.6 Å². The minimum Gasteiger partial charge on any atom is -0.476 e. The summed E-state index contributed by atoms with van der Waals surface area (Å²) in [5.41, 5.74) is -0.0718. The van der Waals surface area contributed by atoms with Gasteiger partial charge in [0.05, 0.1) is 4.47 Å². The molecule has 1 aromatic heterocycles. The summed E-state index contributed by atoms with van der Waals surface area (Å²) < 4.78 is 1.60. The van der Waals surface area contributed by atoms with Crippen molar-refractivity contribution in [2.75, 3.05) is 0 Å². The number of carboxylic acid groups (broad SMARTS) is 1. The van der Waals surface area contributed by atoms with Gasteiger partial charge in [0.2, 0.25) is 0 Å². The Bertz CT molecular complexity index is 310. The molecule has 0 aliphatic heterocycles. The van der Waals surface area contributed by atoms with Crippen LogP contribution in [0, 0.1) is 0 Å². The molecule has 11 heavy (non-hydrogen) atoms. The van der Waals surface area contributed by atoms with Gasteiger partial charge in [-0.25, -0.2) is 4.79 Å². The van der Waals surface area contributed by atoms with E-state index in [0.29, 0.717) is 4.47 Å². The Kier molecular flexibility index (Phi) is 2.20. The molecular weight excluding hydrogens is 235 g/mol. The van der Waals surface area contributed by atoms with Crippen LogP contribution in [0.5, 0.6) is 0 Å². The summed E-state index contributed by atoms with van der Waals surface area (Å²) in [5, 5.41) is 12.5. The highest BCUT2D eigenvalue weighted by Crippen LogP contribution is 2.24. The van der Waals surface area contributed by atoms with Crippen LogP contribution in [0.4, 0.5) is 0 Å². The highest BCUT2D eigenvalue weighted by Gasteiger charge is 2.17. The van der Waals surface area contributed by atoms with Crippen LogP contribution in [0.15, 0.2) is 4.47 Å². The first-order chi connectivity index (χ1) is 5.04. The summed E-state index contributed by atoms with van der Waals surface area (Å²) in [4.78, 5) is 10.4. The van der Waals surface area contributed by atoms with Crippen LogP contribution in [0.2, 0.25) is 5.15 Å². The fourth-order valence-corrected chi connectivity index (χ4v) is 1.25. The molecule has 1 aromatic rings. The number of rotatable bonds is 1. The number of nitrogens with zero attached hydrogens (tertiary/aromatic N) is 2. The van der Waals surface area contributed by atoms with E-state index in [4.69, 9.17) is 16.7 Å². The molecule has 4 nitrogen and oxygen atoms in total. The van der Waals surface area contributed by atoms with Crippen molar-refractivity contribution in [3.63, 3.8) is 0 Å². The fraction of sp³-hybridized carbons (Fsp3) is 0.200. The summed E-state index contributed by atoms with van der Waals surface area (Å²) in [5.74, 6) is -1.10. The van der Waals surface area contributed by atoms with Crippen LogP contribution >= 0.6 is 27.5 Å². The molecule has 0 saturated heterocycles. The van der Waals surface area contributed by atoms with E-state index < -0.39 is 5.97 Å². The van der Waals surface area contributed by atoms with Crippen molar-refractivity contribution in [2.45, 2.75) is 0 Å². The number of hydrogen-bond acceptors (Lipinski definition) is 2. The zero-order valence-electron chi connectivity index (χ0n) is 5.51. The lowest BCUT2D eigenvalue weighted by Crippen LogP contribution is -1.99. The van der Waals surface area contributed by atoms with Crippen LogP contribution in [-0.2, 0) is 7.05 Å². The Balaban J connectivity index is 3.29. The third-order valence-electron chi connectivity index (χ3n) is 1.13. The molecule has 1 N–H and O–H groups in total. The molecule has 0 aliphatic rings. The maximum Gasteiger partial charge on any atom is 0.357 e. The minimum atomic E-state index is -1.10. The van der Waals surface area contributed by atoms with Gasteiger partial charge in [0.1, 0.15) is 5.15 Å². The highest BCUT2D eigenvalue weighted by molar-refractivity contribution is 9.10. The van der Waals surface area contributed by atoms with Crippen LogP contribution in [0.25, 0.3) is 0 Å². The molecular formula is C5H4BrClN2O2. The van der Waals surface area contributed by atoms with Crippen LogP contribution in [-0.4, -0.2) is 20.9 Å². The molecule has 1 rings (SSSR count). The number of halogens is 2. The lowest BCUT2D eigenvalue weighted by molar-refractivity contribution is 0.0688. The van der Waals surface area contributed by atoms with E-state index >= 15 is 0 Å². The predicted octanol–water partition coefficient (Wildman–Crippen LogP) is 1.53. The summed E-state index contributed by atoms with van der Waals surface area (Å²) >= 11 is 8.64. The number of hydrogen-bond donors (Lipinski definition) is 1. The third-order valence-corrected chi connectivity index (χ3v) is 2.54. The minimum absolute atomic E-state index is 0.0718. The first-order valence-electron chi connectivity index (χ1n) is 2.65. The summed E-state index contributed by atoms with van der Waals surface area (Å²) in [6.07, 6.45) is 0. The molecule has 0 amide bonds. The molecule has 0 fully saturated rings. The van der Waals surface area contributed by atoms with Gasteiger partial charge in [-0.2, -0.15) is 5.10 Å². The summed E-state index contributed by atoms with van der Waals surface area (Å²) in [7, 11) is 1.57. The van der Waals surface area contributed by atoms with Crippen molar-refractivity contribution in [3.8, 4) is 0 Å². The monoisotopic (exact) mass is 238 g/mol. The van der Waals surface area contributed by atoms with E-state index in [0.717, 1.165) is 0 Å². The normalized spacial score (nSPS) is 10.1. The van der Waals surface area contributed by atoms with Gasteiger partial charge in [0.25, 0.3) is 0 Å². The Morgan fingerprint density at radius 1 is 1.82 bits per heavy atom. The quantitative estimate of drug-likeness (QED) is 0.809. The van der Waals surface area contributed by atoms with Crippen molar-refractivity contribution in [1.29, 1.82) is 0 Å². The topological polar surface area (TPSA) is 55.1 Å². The van der Waals surface area contributed by atoms with Gasteiger partial charge in [0.15, 0.2) is 5.69 Å². The van der Waals surface area contributed by atoms with Crippen molar-refractivity contribution in [3.05, 3.63) is 15.3 Å². The van der Waals surface area contributed by atoms with E-state index in [1.165, 1.54) is 4.68 Å². The van der Waals surface area contributed by atoms with Gasteiger partial charge in [-0.15, -0.1) is 0 Å². The second kappa shape index (κ2) is 2.83. The zero-order valence-corrected chi connectivity index (χ0v) is 7.85. The zero-order chi connectivity index (χ0) is 8.59. The number of carbonyl (C=O) groups is 1. The van der Waals surface area contributed by atoms with E-state index in [9.17, 15) is 4.79 Å². The van der Waals surface area contributed by atoms with E-state index in [-0.39, 0.29) is 10.8 Å². The van der Waals surface area contributed by atoms with Gasteiger partial charge in [-0.3, -0.25) is 4.68 Å². The fourth-order valence-electron chi connectivity index (χ4n) is 0.614. The second-order valence-electron chi connectivity index (χ2n) is 1.88. The third kappa shape index (κ3) is 1.39. The van der Waals surface area contributed by atoms with Crippen LogP contribution in [0.1, 0.15) is 10.5 Å². The average Bonchev–Trinajstić information content (AvgIpc) is 2.17. The van der Waals surface area contributed by atoms with Crippen molar-refractivity contribution >= 4 is 33.5 Å². The molecule has 0 saturated carbocycles. The molecule has 60 valence electrons. The first-order valence-corrected chi connectivity index (χ1v) is 3.82. The Morgan fingerprint density at radius 3 is 2.55 bits per heavy atom. The smallest absolute Gasteiger partial charge is 0.357 e. The highest BCUT2D eigenvalue weighted by atomic mass is 79.9. The van der Waals surface area contributed by atoms with Crippen molar-refractivity contribution in [2.24, 2.45) is 7.05 Å². The molecule has 0 radical (unpaired) electrons. The van der Waals surface area contributed by atoms with E-state index in [2.05, 4.69) is 21.0 Å². The number of aromatic nitrogens is 2. The maximum absolute atomic E-state index is 10.4. The Morgan fingerprint density at radius 2 is 2.36 bits per heavy atom. The number of aromatic carboxylic acids is 1. The average molecular weight is 239 g/mol. The van der Waals surface area contributed by atoms with E-state index in [1.54, 1.807) is 7.05 Å². The molecule has 0 spiro atoms. The first kappa shape index (κ1) is 8.55. The van der Waals surface area contributed by atoms with Gasteiger partial charge in [-0.05, 0) is 15.9 Å². The SMILES string of the molecule is Cn1nc(C(=O)O)c(Br)c1Cl. The standard InChI is InChI=1S/C5H4BrClN2O2/c1-9-4(7)2(6)3(8-9)5(10)11/h1H3,(H,10,11). The Hall–Kier alpha value is -0.550. The molecule has 0 aliphatic carbocycles. The number of aryl methyl sites for hydroxylation is 1. The lowest BCUT2D eigenvalue weighted by atomic mass is 10.4. The van der Waals surface area contributed by atoms with Crippen LogP contribution in [0.3, 0.4) is 0 Å². The van der Waals surface area contributed by atoms with Crippen LogP contribution < -0.4 is 0 Å². The van der Waals surface area contributed by atoms with Crippen molar-refractivity contribution < 1.29 is 9.90 Å². The summed E-state index contributed by atoms with van der Waals surface area (Å²) in [6.45, 7) is 0. The molecule has 6 heteroatoms. The lowest BCUT2D eigenvalue weighted by Gasteiger charge is -1.86. The predicted molar refractivity (Wildman–Crippen MR) is 42.9 cm³/mol. The van der Waals surface area contributed by atoms with Crippen molar-refractivity contribution in [1.82, 2.24) is 9.78 Å². The van der Waals surface area contributed by atoms with Gasteiger partial charge >= 0.3 is 5.97 Å². The molecule has 0 aromatic carbocycles. The molecule has 0 atom stereocenters. The van der Waals surface area contributed by atoms with E-state index in [1.807, 2.05) is 0 Å². The van der Waals surface area contributed by atoms with Gasteiger partial charge < -0.3 is 5.11 Å². The Labute approximate surface area is 75.9 Å².